The molecule has 3 aromatic carbocycles. The van der Waals surface area contributed by atoms with Gasteiger partial charge in [-0.1, -0.05) is 91.0 Å². The van der Waals surface area contributed by atoms with Crippen molar-refractivity contribution in [2.45, 2.75) is 62.6 Å². The molecule has 0 radical (unpaired) electrons. The zero-order valence-electron chi connectivity index (χ0n) is 27.5. The molecule has 0 unspecified atom stereocenters. The Balaban J connectivity index is 1.09. The highest BCUT2D eigenvalue weighted by atomic mass is 16.6. The average Bonchev–Trinajstić information content (AvgIpc) is 3.72. The number of hydrogen-bond acceptors (Lipinski definition) is 7. The quantitative estimate of drug-likeness (QED) is 0.226. The molecule has 0 aromatic heterocycles. The number of ether oxygens (including phenoxy) is 2. The first kappa shape index (κ1) is 33.9. The van der Waals surface area contributed by atoms with Crippen molar-refractivity contribution in [2.75, 3.05) is 26.4 Å². The van der Waals surface area contributed by atoms with Crippen molar-refractivity contribution in [3.63, 3.8) is 0 Å². The third-order valence-electron chi connectivity index (χ3n) is 9.65. The van der Waals surface area contributed by atoms with Crippen molar-refractivity contribution >= 4 is 23.9 Å². The van der Waals surface area contributed by atoms with Crippen molar-refractivity contribution in [1.82, 2.24) is 15.5 Å². The summed E-state index contributed by atoms with van der Waals surface area (Å²) in [6, 6.07) is 24.0. The van der Waals surface area contributed by atoms with E-state index in [1.807, 2.05) is 66.7 Å². The predicted molar refractivity (Wildman–Crippen MR) is 183 cm³/mol. The first-order valence-electron chi connectivity index (χ1n) is 17.1. The SMILES string of the molecule is O=C(C[C@@H]1C/C=C/C[C@H](NC(=O)OCC2c3ccccc3-c3ccccc32)C(=O)OC[C@H]2CCCN2C1=O)N[C@@H](CO)Cc1ccccc1. The third-order valence-corrected chi connectivity index (χ3v) is 9.65. The topological polar surface area (TPSA) is 134 Å². The Morgan fingerprint density at radius 3 is 2.31 bits per heavy atom. The fraction of sp³-hybridized carbons (Fsp3) is 0.385. The summed E-state index contributed by atoms with van der Waals surface area (Å²) in [4.78, 5) is 54.8. The highest BCUT2D eigenvalue weighted by molar-refractivity contribution is 5.87. The van der Waals surface area contributed by atoms with Crippen LogP contribution in [0.25, 0.3) is 11.1 Å². The van der Waals surface area contributed by atoms with Crippen LogP contribution in [0.5, 0.6) is 0 Å². The third kappa shape index (κ3) is 8.20. The van der Waals surface area contributed by atoms with Gasteiger partial charge < -0.3 is 30.1 Å². The monoisotopic (exact) mass is 665 g/mol. The number of carbonyl (C=O) groups excluding carboxylic acids is 4. The Hall–Kier alpha value is -4.96. The Morgan fingerprint density at radius 2 is 1.59 bits per heavy atom. The van der Waals surface area contributed by atoms with Crippen molar-refractivity contribution in [2.24, 2.45) is 5.92 Å². The van der Waals surface area contributed by atoms with Crippen LogP contribution in [0.3, 0.4) is 0 Å². The minimum atomic E-state index is -0.984. The second-order valence-corrected chi connectivity index (χ2v) is 13.0. The first-order chi connectivity index (χ1) is 23.9. The molecule has 0 spiro atoms. The second-order valence-electron chi connectivity index (χ2n) is 13.0. The van der Waals surface area contributed by atoms with Crippen molar-refractivity contribution in [3.05, 3.63) is 108 Å². The van der Waals surface area contributed by atoms with Gasteiger partial charge >= 0.3 is 12.1 Å². The van der Waals surface area contributed by atoms with Gasteiger partial charge in [-0.2, -0.15) is 0 Å². The van der Waals surface area contributed by atoms with E-state index in [1.165, 1.54) is 0 Å². The summed E-state index contributed by atoms with van der Waals surface area (Å²) in [6.07, 6.45) is 5.05. The standard InChI is InChI=1S/C39H43N3O7/c43-23-28(21-26-11-2-1-3-12-26)40-36(44)22-27-13-4-9-19-35(38(46)48-24-29-14-10-20-42(29)37(27)45)41-39(47)49-25-34-32-17-7-5-15-30(32)31-16-6-8-18-33(31)34/h1-9,11-12,15-18,27-29,34-35,43H,10,13-14,19-25H2,(H,40,44)(H,41,47)/b9-4+/t27-,28+,29+,35-/m0/s1. The van der Waals surface area contributed by atoms with Gasteiger partial charge in [-0.15, -0.1) is 0 Å². The molecule has 2 heterocycles. The summed E-state index contributed by atoms with van der Waals surface area (Å²) in [6.45, 7) is 0.400. The molecule has 3 amide bonds. The molecule has 2 aliphatic heterocycles. The molecule has 1 aliphatic carbocycles. The van der Waals surface area contributed by atoms with Crippen LogP contribution in [-0.4, -0.2) is 78.4 Å². The molecule has 1 saturated heterocycles. The number of rotatable bonds is 9. The number of nitrogens with zero attached hydrogens (tertiary/aromatic N) is 1. The lowest BCUT2D eigenvalue weighted by Crippen LogP contribution is -2.46. The van der Waals surface area contributed by atoms with Gasteiger partial charge in [-0.05, 0) is 59.9 Å². The van der Waals surface area contributed by atoms with Crippen LogP contribution in [0.2, 0.25) is 0 Å². The first-order valence-corrected chi connectivity index (χ1v) is 17.1. The van der Waals surface area contributed by atoms with Gasteiger partial charge in [0.2, 0.25) is 11.8 Å². The molecule has 256 valence electrons. The van der Waals surface area contributed by atoms with Crippen molar-refractivity contribution in [1.29, 1.82) is 0 Å². The lowest BCUT2D eigenvalue weighted by molar-refractivity contribution is -0.150. The summed E-state index contributed by atoms with van der Waals surface area (Å²) in [5.41, 5.74) is 5.41. The van der Waals surface area contributed by atoms with Crippen LogP contribution in [-0.2, 0) is 30.3 Å². The second kappa shape index (κ2) is 16.0. The van der Waals surface area contributed by atoms with Gasteiger partial charge in [0.25, 0.3) is 0 Å². The summed E-state index contributed by atoms with van der Waals surface area (Å²) in [5.74, 6) is -1.81. The maximum absolute atomic E-state index is 13.7. The molecule has 6 rings (SSSR count). The minimum Gasteiger partial charge on any atom is -0.462 e. The number of aliphatic hydroxyl groups is 1. The van der Waals surface area contributed by atoms with Gasteiger partial charge in [0.15, 0.2) is 0 Å². The Morgan fingerprint density at radius 1 is 0.918 bits per heavy atom. The van der Waals surface area contributed by atoms with E-state index >= 15 is 0 Å². The molecule has 10 heteroatoms. The number of hydrogen-bond donors (Lipinski definition) is 3. The van der Waals surface area contributed by atoms with E-state index in [1.54, 1.807) is 17.1 Å². The summed E-state index contributed by atoms with van der Waals surface area (Å²) in [7, 11) is 0. The van der Waals surface area contributed by atoms with Gasteiger partial charge in [0.05, 0.1) is 24.6 Å². The van der Waals surface area contributed by atoms with Crippen LogP contribution < -0.4 is 10.6 Å². The summed E-state index contributed by atoms with van der Waals surface area (Å²) < 4.78 is 11.3. The minimum absolute atomic E-state index is 0.000262. The van der Waals surface area contributed by atoms with E-state index in [0.717, 1.165) is 34.2 Å². The van der Waals surface area contributed by atoms with E-state index in [-0.39, 0.29) is 62.9 Å². The molecule has 0 saturated carbocycles. The average molecular weight is 666 g/mol. The molecule has 1 fully saturated rings. The lowest BCUT2D eigenvalue weighted by atomic mass is 9.97. The van der Waals surface area contributed by atoms with Crippen LogP contribution in [0.4, 0.5) is 4.79 Å². The van der Waals surface area contributed by atoms with Gasteiger partial charge in [-0.3, -0.25) is 9.59 Å². The number of alkyl carbamates (subject to hydrolysis) is 1. The number of cyclic esters (lactones) is 1. The molecule has 49 heavy (non-hydrogen) atoms. The molecular weight excluding hydrogens is 622 g/mol. The normalized spacial score (nSPS) is 22.0. The largest absolute Gasteiger partial charge is 0.462 e. The number of amides is 3. The molecule has 3 aromatic rings. The molecule has 3 aliphatic rings. The molecule has 10 nitrogen and oxygen atoms in total. The molecule has 0 bridgehead atoms. The highest BCUT2D eigenvalue weighted by Gasteiger charge is 2.36. The molecule has 3 N–H and O–H groups in total. The van der Waals surface area contributed by atoms with Crippen molar-refractivity contribution in [3.8, 4) is 11.1 Å². The number of benzene rings is 3. The van der Waals surface area contributed by atoms with E-state index in [4.69, 9.17) is 9.47 Å². The predicted octanol–water partition coefficient (Wildman–Crippen LogP) is 4.50. The number of allylic oxidation sites excluding steroid dienone is 1. The van der Waals surface area contributed by atoms with E-state index in [2.05, 4.69) is 22.8 Å². The van der Waals surface area contributed by atoms with E-state index in [9.17, 15) is 24.3 Å². The molecular formula is C39H43N3O7. The maximum atomic E-state index is 13.7. The smallest absolute Gasteiger partial charge is 0.407 e. The molecule has 4 atom stereocenters. The summed E-state index contributed by atoms with van der Waals surface area (Å²) in [5, 5.41) is 15.5. The number of aliphatic hydroxyl groups excluding tert-OH is 1. The number of fused-ring (bicyclic) bond motifs is 4. The lowest BCUT2D eigenvalue weighted by Gasteiger charge is -2.29. The highest BCUT2D eigenvalue weighted by Crippen LogP contribution is 2.44. The Kier molecular flexibility index (Phi) is 11.0. The maximum Gasteiger partial charge on any atom is 0.407 e. The Labute approximate surface area is 286 Å². The Bertz CT molecular complexity index is 1630. The van der Waals surface area contributed by atoms with Crippen LogP contribution in [0.1, 0.15) is 54.7 Å². The number of carbonyl (C=O) groups is 4. The van der Waals surface area contributed by atoms with Crippen molar-refractivity contribution < 1.29 is 33.8 Å². The zero-order chi connectivity index (χ0) is 34.2. The van der Waals surface area contributed by atoms with E-state index < -0.39 is 30.1 Å². The summed E-state index contributed by atoms with van der Waals surface area (Å²) >= 11 is 0. The fourth-order valence-electron chi connectivity index (χ4n) is 7.14. The van der Waals surface area contributed by atoms with E-state index in [0.29, 0.717) is 19.4 Å². The van der Waals surface area contributed by atoms with Gasteiger partial charge in [-0.25, -0.2) is 9.59 Å². The fourth-order valence-corrected chi connectivity index (χ4v) is 7.14. The van der Waals surface area contributed by atoms with Gasteiger partial charge in [0, 0.05) is 18.9 Å². The van der Waals surface area contributed by atoms with Gasteiger partial charge in [0.1, 0.15) is 19.3 Å². The number of esters is 1. The zero-order valence-corrected chi connectivity index (χ0v) is 27.5. The number of nitrogens with one attached hydrogen (secondary N) is 2. The van der Waals surface area contributed by atoms with Crippen LogP contribution >= 0.6 is 0 Å². The van der Waals surface area contributed by atoms with Crippen LogP contribution in [0, 0.1) is 5.92 Å². The van der Waals surface area contributed by atoms with Crippen LogP contribution in [0.15, 0.2) is 91.0 Å².